The summed E-state index contributed by atoms with van der Waals surface area (Å²) < 4.78 is 0. The van der Waals surface area contributed by atoms with E-state index in [2.05, 4.69) is 30.6 Å². The van der Waals surface area contributed by atoms with E-state index in [1.165, 1.54) is 38.9 Å². The fourth-order valence-corrected chi connectivity index (χ4v) is 2.43. The van der Waals surface area contributed by atoms with Gasteiger partial charge < -0.3 is 10.2 Å². The predicted molar refractivity (Wildman–Crippen MR) is 67.1 cm³/mol. The lowest BCUT2D eigenvalue weighted by molar-refractivity contribution is 0.164. The molecule has 0 amide bonds. The largest absolute Gasteiger partial charge is 0.311 e. The van der Waals surface area contributed by atoms with Gasteiger partial charge in [0.15, 0.2) is 0 Å². The molecule has 2 nitrogen and oxygen atoms in total. The van der Waals surface area contributed by atoms with Crippen molar-refractivity contribution in [2.75, 3.05) is 26.2 Å². The first-order valence-corrected chi connectivity index (χ1v) is 6.34. The molecule has 1 saturated heterocycles. The summed E-state index contributed by atoms with van der Waals surface area (Å²) in [5.41, 5.74) is 0. The third-order valence-electron chi connectivity index (χ3n) is 3.46. The Morgan fingerprint density at radius 3 is 2.67 bits per heavy atom. The predicted octanol–water partition coefficient (Wildman–Crippen LogP) is 2.27. The van der Waals surface area contributed by atoms with Gasteiger partial charge in [-0.15, -0.1) is 6.58 Å². The molecule has 2 heteroatoms. The summed E-state index contributed by atoms with van der Waals surface area (Å²) in [6.45, 7) is 13.1. The van der Waals surface area contributed by atoms with Crippen molar-refractivity contribution in [2.45, 2.75) is 39.2 Å². The van der Waals surface area contributed by atoms with Crippen LogP contribution in [0.15, 0.2) is 12.7 Å². The van der Waals surface area contributed by atoms with Crippen molar-refractivity contribution in [1.82, 2.24) is 10.2 Å². The van der Waals surface area contributed by atoms with Crippen LogP contribution in [0.25, 0.3) is 0 Å². The molecule has 1 fully saturated rings. The maximum absolute atomic E-state index is 3.74. The van der Waals surface area contributed by atoms with Crippen molar-refractivity contribution in [3.63, 3.8) is 0 Å². The summed E-state index contributed by atoms with van der Waals surface area (Å²) in [4.78, 5) is 2.59. The lowest BCUT2D eigenvalue weighted by atomic mass is 9.90. The van der Waals surface area contributed by atoms with Crippen LogP contribution in [0.1, 0.15) is 33.1 Å². The first-order chi connectivity index (χ1) is 7.27. The third-order valence-corrected chi connectivity index (χ3v) is 3.46. The van der Waals surface area contributed by atoms with Crippen LogP contribution in [0, 0.1) is 5.92 Å². The zero-order valence-corrected chi connectivity index (χ0v) is 10.3. The molecule has 0 aromatic heterocycles. The monoisotopic (exact) mass is 210 g/mol. The average molecular weight is 210 g/mol. The molecule has 1 rings (SSSR count). The minimum absolute atomic E-state index is 0.645. The molecule has 0 spiro atoms. The molecule has 88 valence electrons. The van der Waals surface area contributed by atoms with Gasteiger partial charge in [-0.2, -0.15) is 0 Å². The van der Waals surface area contributed by atoms with Gasteiger partial charge in [-0.25, -0.2) is 0 Å². The molecule has 1 atom stereocenters. The zero-order valence-electron chi connectivity index (χ0n) is 10.3. The van der Waals surface area contributed by atoms with E-state index in [9.17, 15) is 0 Å². The number of piperidine rings is 1. The van der Waals surface area contributed by atoms with Crippen LogP contribution in [0.2, 0.25) is 0 Å². The molecule has 15 heavy (non-hydrogen) atoms. The fraction of sp³-hybridized carbons (Fsp3) is 0.846. The van der Waals surface area contributed by atoms with E-state index in [1.54, 1.807) is 0 Å². The Labute approximate surface area is 94.7 Å². The van der Waals surface area contributed by atoms with Crippen molar-refractivity contribution in [1.29, 1.82) is 0 Å². The van der Waals surface area contributed by atoms with Gasteiger partial charge in [0.1, 0.15) is 0 Å². The lowest BCUT2D eigenvalue weighted by Gasteiger charge is -2.35. The number of hydrogen-bond donors (Lipinski definition) is 1. The number of likely N-dealkylation sites (tertiary alicyclic amines) is 1. The summed E-state index contributed by atoms with van der Waals surface area (Å²) in [5.74, 6) is 0.859. The summed E-state index contributed by atoms with van der Waals surface area (Å²) in [6, 6.07) is 0.645. The van der Waals surface area contributed by atoms with Gasteiger partial charge in [0.2, 0.25) is 0 Å². The molecule has 1 heterocycles. The number of nitrogens with one attached hydrogen (secondary N) is 1. The Hall–Kier alpha value is -0.340. The molecule has 0 bridgehead atoms. The molecule has 1 N–H and O–H groups in total. The molecular formula is C13H26N2. The summed E-state index contributed by atoms with van der Waals surface area (Å²) in [7, 11) is 0. The molecule has 1 unspecified atom stereocenters. The molecule has 0 radical (unpaired) electrons. The van der Waals surface area contributed by atoms with Crippen LogP contribution in [0.4, 0.5) is 0 Å². The van der Waals surface area contributed by atoms with E-state index in [0.29, 0.717) is 6.04 Å². The summed E-state index contributed by atoms with van der Waals surface area (Å²) in [5, 5.41) is 3.51. The minimum Gasteiger partial charge on any atom is -0.311 e. The average Bonchev–Trinajstić information content (AvgIpc) is 2.27. The van der Waals surface area contributed by atoms with E-state index in [-0.39, 0.29) is 0 Å². The molecule has 0 aromatic carbocycles. The third kappa shape index (κ3) is 4.35. The van der Waals surface area contributed by atoms with Crippen LogP contribution >= 0.6 is 0 Å². The van der Waals surface area contributed by atoms with E-state index in [4.69, 9.17) is 0 Å². The zero-order chi connectivity index (χ0) is 11.1. The maximum atomic E-state index is 3.74. The van der Waals surface area contributed by atoms with Gasteiger partial charge in [0.05, 0.1) is 0 Å². The highest BCUT2D eigenvalue weighted by atomic mass is 15.1. The second kappa shape index (κ2) is 7.02. The molecular weight excluding hydrogens is 184 g/mol. The van der Waals surface area contributed by atoms with E-state index in [1.807, 2.05) is 6.08 Å². The van der Waals surface area contributed by atoms with Crippen LogP contribution in [-0.4, -0.2) is 37.1 Å². The highest BCUT2D eigenvalue weighted by Crippen LogP contribution is 2.20. The first-order valence-electron chi connectivity index (χ1n) is 6.34. The van der Waals surface area contributed by atoms with Gasteiger partial charge in [-0.3, -0.25) is 0 Å². The van der Waals surface area contributed by atoms with Crippen molar-refractivity contribution in [3.05, 3.63) is 12.7 Å². The van der Waals surface area contributed by atoms with E-state index in [0.717, 1.165) is 12.5 Å². The second-order valence-electron chi connectivity index (χ2n) is 4.66. The Bertz CT molecular complexity index is 171. The number of nitrogens with zero attached hydrogens (tertiary/aromatic N) is 1. The standard InChI is InChI=1S/C13H26N2/c1-4-8-14-12(3)13-6-10-15(9-5-2)11-7-13/h4,12-14H,1,5-11H2,2-3H3. The molecule has 0 saturated carbocycles. The Morgan fingerprint density at radius 2 is 2.13 bits per heavy atom. The van der Waals surface area contributed by atoms with E-state index >= 15 is 0 Å². The second-order valence-corrected chi connectivity index (χ2v) is 4.66. The van der Waals surface area contributed by atoms with Crippen LogP contribution in [0.3, 0.4) is 0 Å². The van der Waals surface area contributed by atoms with Gasteiger partial charge >= 0.3 is 0 Å². The maximum Gasteiger partial charge on any atom is 0.0134 e. The van der Waals surface area contributed by atoms with Gasteiger partial charge in [0.25, 0.3) is 0 Å². The van der Waals surface area contributed by atoms with Crippen molar-refractivity contribution < 1.29 is 0 Å². The molecule has 1 aliphatic heterocycles. The number of rotatable bonds is 6. The normalized spacial score (nSPS) is 21.5. The molecule has 0 aromatic rings. The van der Waals surface area contributed by atoms with Crippen LogP contribution < -0.4 is 5.32 Å². The molecule has 1 aliphatic rings. The Balaban J connectivity index is 2.20. The Kier molecular flexibility index (Phi) is 5.96. The summed E-state index contributed by atoms with van der Waals surface area (Å²) in [6.07, 6.45) is 5.94. The van der Waals surface area contributed by atoms with Crippen LogP contribution in [0.5, 0.6) is 0 Å². The quantitative estimate of drug-likeness (QED) is 0.677. The SMILES string of the molecule is C=CCNC(C)C1CCN(CCC)CC1. The highest BCUT2D eigenvalue weighted by Gasteiger charge is 2.22. The highest BCUT2D eigenvalue weighted by molar-refractivity contribution is 4.81. The smallest absolute Gasteiger partial charge is 0.0134 e. The van der Waals surface area contributed by atoms with Gasteiger partial charge in [0, 0.05) is 12.6 Å². The lowest BCUT2D eigenvalue weighted by Crippen LogP contribution is -2.42. The Morgan fingerprint density at radius 1 is 1.47 bits per heavy atom. The summed E-state index contributed by atoms with van der Waals surface area (Å²) >= 11 is 0. The first kappa shape index (κ1) is 12.7. The van der Waals surface area contributed by atoms with Gasteiger partial charge in [-0.1, -0.05) is 13.0 Å². The van der Waals surface area contributed by atoms with Gasteiger partial charge in [-0.05, 0) is 51.7 Å². The minimum atomic E-state index is 0.645. The van der Waals surface area contributed by atoms with Crippen LogP contribution in [-0.2, 0) is 0 Å². The topological polar surface area (TPSA) is 15.3 Å². The molecule has 0 aliphatic carbocycles. The van der Waals surface area contributed by atoms with Crippen molar-refractivity contribution in [2.24, 2.45) is 5.92 Å². The van der Waals surface area contributed by atoms with E-state index < -0.39 is 0 Å². The van der Waals surface area contributed by atoms with Crippen molar-refractivity contribution >= 4 is 0 Å². The fourth-order valence-electron chi connectivity index (χ4n) is 2.43. The number of hydrogen-bond acceptors (Lipinski definition) is 2. The van der Waals surface area contributed by atoms with Crippen molar-refractivity contribution in [3.8, 4) is 0 Å².